The average Bonchev–Trinajstić information content (AvgIpc) is 4.23. The highest BCUT2D eigenvalue weighted by molar-refractivity contribution is 6.29. The summed E-state index contributed by atoms with van der Waals surface area (Å²) in [6, 6.07) is 93.4. The fourth-order valence-corrected chi connectivity index (χ4v) is 12.2. The number of para-hydroxylation sites is 6. The number of fused-ring (bicyclic) bond motifs is 14. The Labute approximate surface area is 436 Å². The summed E-state index contributed by atoms with van der Waals surface area (Å²) < 4.78 is 9.81. The average molecular weight is 970 g/mol. The number of benzene rings is 11. The molecule has 0 saturated heterocycles. The van der Waals surface area contributed by atoms with Crippen LogP contribution in [-0.4, -0.2) is 33.2 Å². The summed E-state index contributed by atoms with van der Waals surface area (Å²) in [6.07, 6.45) is 0. The zero-order chi connectivity index (χ0) is 49.8. The van der Waals surface area contributed by atoms with E-state index in [2.05, 4.69) is 243 Å². The molecule has 0 spiro atoms. The van der Waals surface area contributed by atoms with E-state index in [1.165, 1.54) is 21.5 Å². The first-order valence-electron chi connectivity index (χ1n) is 25.8. The number of hydrogen-bond donors (Lipinski definition) is 0. The molecule has 0 atom stereocenters. The molecule has 0 radical (unpaired) electrons. The third-order valence-corrected chi connectivity index (χ3v) is 15.4. The molecule has 11 aromatic carbocycles. The van der Waals surface area contributed by atoms with Gasteiger partial charge in [-0.3, -0.25) is 0 Å². The molecule has 0 aliphatic carbocycles. The van der Waals surface area contributed by atoms with Crippen LogP contribution in [0.2, 0.25) is 0 Å². The van der Waals surface area contributed by atoms with Gasteiger partial charge in [0.2, 0.25) is 0 Å². The van der Waals surface area contributed by atoms with Crippen LogP contribution < -0.4 is 0 Å². The maximum absolute atomic E-state index is 5.53. The van der Waals surface area contributed by atoms with Crippen LogP contribution >= 0.6 is 0 Å². The van der Waals surface area contributed by atoms with E-state index in [0.717, 1.165) is 105 Å². The van der Waals surface area contributed by atoms with E-state index in [9.17, 15) is 0 Å². The van der Waals surface area contributed by atoms with Crippen LogP contribution in [-0.2, 0) is 0 Å². The van der Waals surface area contributed by atoms with Crippen LogP contribution in [0.4, 0.5) is 0 Å². The van der Waals surface area contributed by atoms with Gasteiger partial charge < -0.3 is 18.3 Å². The van der Waals surface area contributed by atoms with Crippen LogP contribution in [0.1, 0.15) is 0 Å². The highest BCUT2D eigenvalue weighted by Crippen LogP contribution is 2.48. The second-order valence-corrected chi connectivity index (χ2v) is 19.5. The highest BCUT2D eigenvalue weighted by atomic mass is 15.1. The van der Waals surface area contributed by atoms with E-state index in [1.54, 1.807) is 0 Å². The van der Waals surface area contributed by atoms with E-state index in [-0.39, 0.29) is 0 Å². The molecule has 0 bridgehead atoms. The summed E-state index contributed by atoms with van der Waals surface area (Å²) in [4.78, 5) is 16.3. The lowest BCUT2D eigenvalue weighted by atomic mass is 10.0. The van der Waals surface area contributed by atoms with Crippen molar-refractivity contribution < 1.29 is 0 Å². The summed E-state index contributed by atoms with van der Waals surface area (Å²) in [6.45, 7) is 0. The Morgan fingerprint density at radius 2 is 0.618 bits per heavy atom. The smallest absolute Gasteiger partial charge is 0.166 e. The Balaban J connectivity index is 1.14. The van der Waals surface area contributed by atoms with Crippen molar-refractivity contribution in [1.82, 2.24) is 33.2 Å². The van der Waals surface area contributed by atoms with Gasteiger partial charge in [0.05, 0.1) is 49.8 Å². The Morgan fingerprint density at radius 3 is 1.14 bits per heavy atom. The molecule has 0 aliphatic heterocycles. The van der Waals surface area contributed by atoms with Gasteiger partial charge in [-0.15, -0.1) is 0 Å². The third-order valence-electron chi connectivity index (χ3n) is 15.4. The fraction of sp³-hybridized carbons (Fsp3) is 0. The van der Waals surface area contributed by atoms with Gasteiger partial charge in [-0.05, 0) is 78.9 Å². The minimum Gasteiger partial charge on any atom is -0.309 e. The van der Waals surface area contributed by atoms with Crippen molar-refractivity contribution in [3.05, 3.63) is 261 Å². The van der Waals surface area contributed by atoms with Crippen molar-refractivity contribution in [1.29, 1.82) is 0 Å². The van der Waals surface area contributed by atoms with Crippen LogP contribution in [0.5, 0.6) is 0 Å². The minimum atomic E-state index is 0.572. The first-order chi connectivity index (χ1) is 37.7. The van der Waals surface area contributed by atoms with E-state index in [0.29, 0.717) is 17.5 Å². The van der Waals surface area contributed by atoms with E-state index in [4.69, 9.17) is 15.0 Å². The highest BCUT2D eigenvalue weighted by Gasteiger charge is 2.28. The molecule has 0 fully saturated rings. The van der Waals surface area contributed by atoms with Crippen LogP contribution in [0, 0.1) is 0 Å². The van der Waals surface area contributed by atoms with Crippen molar-refractivity contribution in [3.63, 3.8) is 0 Å². The number of rotatable bonds is 7. The molecule has 0 aliphatic rings. The molecule has 76 heavy (non-hydrogen) atoms. The topological polar surface area (TPSA) is 58.4 Å². The summed E-state index contributed by atoms with van der Waals surface area (Å²) in [5.41, 5.74) is 15.8. The predicted molar refractivity (Wildman–Crippen MR) is 313 cm³/mol. The molecule has 0 unspecified atom stereocenters. The van der Waals surface area contributed by atoms with Gasteiger partial charge in [-0.25, -0.2) is 15.0 Å². The molecule has 16 aromatic rings. The zero-order valence-electron chi connectivity index (χ0n) is 41.0. The Hall–Kier alpha value is -10.4. The first kappa shape index (κ1) is 42.2. The summed E-state index contributed by atoms with van der Waals surface area (Å²) in [5, 5.41) is 9.31. The van der Waals surface area contributed by atoms with Gasteiger partial charge in [0.15, 0.2) is 17.5 Å². The van der Waals surface area contributed by atoms with Crippen molar-refractivity contribution in [2.45, 2.75) is 0 Å². The molecule has 16 rings (SSSR count). The molecule has 5 aromatic heterocycles. The first-order valence-corrected chi connectivity index (χ1v) is 25.8. The molecule has 354 valence electrons. The Kier molecular flexibility index (Phi) is 9.20. The lowest BCUT2D eigenvalue weighted by Crippen LogP contribution is -2.04. The van der Waals surface area contributed by atoms with E-state index >= 15 is 0 Å². The maximum Gasteiger partial charge on any atom is 0.166 e. The Bertz CT molecular complexity index is 4900. The number of hydrogen-bond acceptors (Lipinski definition) is 3. The van der Waals surface area contributed by atoms with E-state index < -0.39 is 0 Å². The van der Waals surface area contributed by atoms with Crippen LogP contribution in [0.15, 0.2) is 261 Å². The van der Waals surface area contributed by atoms with Gasteiger partial charge >= 0.3 is 0 Å². The van der Waals surface area contributed by atoms with Gasteiger partial charge in [-0.1, -0.05) is 182 Å². The van der Waals surface area contributed by atoms with Crippen LogP contribution in [0.25, 0.3) is 144 Å². The Morgan fingerprint density at radius 1 is 0.237 bits per heavy atom. The number of nitrogens with zero attached hydrogens (tertiary/aromatic N) is 7. The standard InChI is InChI=1S/C69H43N7/c1-6-22-44(23-7-1)67-70-68(45-24-8-2-9-25-45)72-69(71-67)55-43-61-54(64-60(74(61)47-28-12-4-13-29-47)41-38-51-49-32-16-19-35-56(49)75(65(51)64)48-30-14-5-15-31-48)42-62(55)76-57-36-20-17-33-50(57)52-39-40-59-63(66(52)76)53-34-18-21-37-58(53)73(59)46-26-10-3-11-27-46/h1-43H. The normalized spacial score (nSPS) is 11.9. The van der Waals surface area contributed by atoms with Gasteiger partial charge in [-0.2, -0.15) is 0 Å². The molecule has 7 nitrogen and oxygen atoms in total. The fourth-order valence-electron chi connectivity index (χ4n) is 12.2. The monoisotopic (exact) mass is 969 g/mol. The largest absolute Gasteiger partial charge is 0.309 e. The third kappa shape index (κ3) is 6.20. The molecule has 7 heteroatoms. The SMILES string of the molecule is c1ccc(-c2nc(-c3ccccc3)nc(-c3cc4c(cc3-n3c5ccccc5c5ccc6c(c7ccccc7n6-c6ccccc6)c53)c3c(ccc5c6ccccc6n(-c6ccccc6)c53)n4-c3ccccc3)n2)cc1. The van der Waals surface area contributed by atoms with Crippen molar-refractivity contribution >= 4 is 87.2 Å². The molecule has 5 heterocycles. The molecule has 0 N–H and O–H groups in total. The van der Waals surface area contributed by atoms with Crippen molar-refractivity contribution in [2.75, 3.05) is 0 Å². The molecular weight excluding hydrogens is 927 g/mol. The quantitative estimate of drug-likeness (QED) is 0.160. The summed E-state index contributed by atoms with van der Waals surface area (Å²) in [5.74, 6) is 1.77. The van der Waals surface area contributed by atoms with Crippen molar-refractivity contribution in [3.8, 4) is 56.9 Å². The lowest BCUT2D eigenvalue weighted by molar-refractivity contribution is 1.06. The van der Waals surface area contributed by atoms with Crippen LogP contribution in [0.3, 0.4) is 0 Å². The van der Waals surface area contributed by atoms with Crippen molar-refractivity contribution in [2.24, 2.45) is 0 Å². The van der Waals surface area contributed by atoms with Gasteiger partial charge in [0, 0.05) is 76.8 Å². The maximum atomic E-state index is 5.53. The second-order valence-electron chi connectivity index (χ2n) is 19.5. The molecule has 0 amide bonds. The molecule has 0 saturated carbocycles. The summed E-state index contributed by atoms with van der Waals surface area (Å²) >= 11 is 0. The number of aromatic nitrogens is 7. The second kappa shape index (κ2) is 16.6. The zero-order valence-corrected chi connectivity index (χ0v) is 41.0. The minimum absolute atomic E-state index is 0.572. The summed E-state index contributed by atoms with van der Waals surface area (Å²) in [7, 11) is 0. The predicted octanol–water partition coefficient (Wildman–Crippen LogP) is 17.3. The lowest BCUT2D eigenvalue weighted by Gasteiger charge is -2.17. The van der Waals surface area contributed by atoms with E-state index in [1.807, 2.05) is 36.4 Å². The molecular formula is C69H43N7. The van der Waals surface area contributed by atoms with Gasteiger partial charge in [0.1, 0.15) is 0 Å². The van der Waals surface area contributed by atoms with Gasteiger partial charge in [0.25, 0.3) is 0 Å².